The average Bonchev–Trinajstić information content (AvgIpc) is 2.39. The first-order chi connectivity index (χ1) is 7.80. The lowest BCUT2D eigenvalue weighted by molar-refractivity contribution is 0.0675. The molecule has 1 aliphatic rings. The molecule has 3 heteroatoms. The molecule has 0 spiro atoms. The van der Waals surface area contributed by atoms with Gasteiger partial charge < -0.3 is 4.74 Å². The van der Waals surface area contributed by atoms with Crippen LogP contribution in [0.3, 0.4) is 0 Å². The summed E-state index contributed by atoms with van der Waals surface area (Å²) in [5.41, 5.74) is 1.08. The summed E-state index contributed by atoms with van der Waals surface area (Å²) in [4.78, 5) is 10.7. The van der Waals surface area contributed by atoms with Crippen LogP contribution < -0.4 is 0 Å². The molecule has 1 heterocycles. The Labute approximate surface area is 94.6 Å². The van der Waals surface area contributed by atoms with Gasteiger partial charge in [-0.1, -0.05) is 18.2 Å². The number of benzene rings is 1. The quantitative estimate of drug-likeness (QED) is 0.709. The van der Waals surface area contributed by atoms with Crippen LogP contribution in [0.25, 0.3) is 0 Å². The maximum atomic E-state index is 10.7. The van der Waals surface area contributed by atoms with E-state index in [1.807, 2.05) is 18.2 Å². The van der Waals surface area contributed by atoms with Gasteiger partial charge >= 0.3 is 0 Å². The predicted molar refractivity (Wildman–Crippen MR) is 59.2 cm³/mol. The summed E-state index contributed by atoms with van der Waals surface area (Å²) in [6.07, 6.45) is 2.21. The zero-order valence-electron chi connectivity index (χ0n) is 8.98. The fourth-order valence-corrected chi connectivity index (χ4v) is 2.09. The second-order valence-electron chi connectivity index (χ2n) is 4.05. The summed E-state index contributed by atoms with van der Waals surface area (Å²) in [5.74, 6) is 0. The molecule has 0 saturated carbocycles. The maximum absolute atomic E-state index is 10.7. The van der Waals surface area contributed by atoms with Gasteiger partial charge in [-0.15, -0.1) is 0 Å². The zero-order valence-corrected chi connectivity index (χ0v) is 8.98. The molecule has 1 aliphatic heterocycles. The van der Waals surface area contributed by atoms with E-state index in [9.17, 15) is 10.1 Å². The molecule has 1 aromatic carbocycles. The largest absolute Gasteiger partial charge is 0.381 e. The molecular formula is C13H13NO2. The van der Waals surface area contributed by atoms with Gasteiger partial charge in [0.25, 0.3) is 0 Å². The van der Waals surface area contributed by atoms with Crippen molar-refractivity contribution in [3.8, 4) is 6.07 Å². The zero-order chi connectivity index (χ0) is 11.4. The van der Waals surface area contributed by atoms with Gasteiger partial charge in [-0.05, 0) is 24.5 Å². The summed E-state index contributed by atoms with van der Waals surface area (Å²) < 4.78 is 5.28. The molecule has 16 heavy (non-hydrogen) atoms. The highest BCUT2D eigenvalue weighted by atomic mass is 16.5. The molecule has 3 nitrogen and oxygen atoms in total. The predicted octanol–water partition coefficient (Wildman–Crippen LogP) is 2.07. The molecule has 2 rings (SSSR count). The van der Waals surface area contributed by atoms with E-state index < -0.39 is 5.41 Å². The number of carbonyl (C=O) groups is 1. The minimum absolute atomic E-state index is 0.475. The van der Waals surface area contributed by atoms with Crippen molar-refractivity contribution in [2.75, 3.05) is 13.2 Å². The molecule has 0 radical (unpaired) electrons. The van der Waals surface area contributed by atoms with E-state index in [2.05, 4.69) is 6.07 Å². The average molecular weight is 215 g/mol. The van der Waals surface area contributed by atoms with E-state index >= 15 is 0 Å². The molecular weight excluding hydrogens is 202 g/mol. The molecule has 82 valence electrons. The van der Waals surface area contributed by atoms with E-state index in [1.54, 1.807) is 6.07 Å². The normalized spacial score (nSPS) is 18.7. The number of carbonyl (C=O) groups excluding carboxylic acids is 1. The second-order valence-corrected chi connectivity index (χ2v) is 4.05. The van der Waals surface area contributed by atoms with Crippen LogP contribution in [-0.2, 0) is 10.2 Å². The summed E-state index contributed by atoms with van der Waals surface area (Å²) in [7, 11) is 0. The van der Waals surface area contributed by atoms with Crippen LogP contribution in [0.2, 0.25) is 0 Å². The molecule has 1 fully saturated rings. The van der Waals surface area contributed by atoms with Gasteiger partial charge in [-0.2, -0.15) is 5.26 Å². The van der Waals surface area contributed by atoms with Gasteiger partial charge in [0.2, 0.25) is 0 Å². The minimum atomic E-state index is -0.475. The van der Waals surface area contributed by atoms with E-state index in [4.69, 9.17) is 4.74 Å². The Morgan fingerprint density at radius 3 is 2.75 bits per heavy atom. The topological polar surface area (TPSA) is 50.1 Å². The highest BCUT2D eigenvalue weighted by molar-refractivity contribution is 5.75. The molecule has 0 aromatic heterocycles. The van der Waals surface area contributed by atoms with E-state index in [0.29, 0.717) is 31.6 Å². The number of rotatable bonds is 2. The van der Waals surface area contributed by atoms with Crippen LogP contribution in [0, 0.1) is 11.3 Å². The smallest absolute Gasteiger partial charge is 0.150 e. The molecule has 1 saturated heterocycles. The van der Waals surface area contributed by atoms with Crippen molar-refractivity contribution in [1.82, 2.24) is 0 Å². The Hall–Kier alpha value is -1.66. The van der Waals surface area contributed by atoms with Crippen molar-refractivity contribution in [2.24, 2.45) is 0 Å². The fraction of sp³-hybridized carbons (Fsp3) is 0.385. The van der Waals surface area contributed by atoms with Crippen molar-refractivity contribution >= 4 is 6.29 Å². The van der Waals surface area contributed by atoms with Crippen LogP contribution in [0.5, 0.6) is 0 Å². The van der Waals surface area contributed by atoms with Crippen molar-refractivity contribution in [1.29, 1.82) is 5.26 Å². The molecule has 1 aromatic rings. The Morgan fingerprint density at radius 2 is 2.12 bits per heavy atom. The first-order valence-electron chi connectivity index (χ1n) is 5.35. The van der Waals surface area contributed by atoms with Crippen molar-refractivity contribution in [3.63, 3.8) is 0 Å². The number of aldehydes is 1. The van der Waals surface area contributed by atoms with E-state index in [1.165, 1.54) is 0 Å². The van der Waals surface area contributed by atoms with Crippen LogP contribution >= 0.6 is 0 Å². The van der Waals surface area contributed by atoms with Gasteiger partial charge in [0.05, 0.1) is 11.5 Å². The summed E-state index contributed by atoms with van der Waals surface area (Å²) in [5, 5.41) is 9.36. The summed E-state index contributed by atoms with van der Waals surface area (Å²) in [6.45, 7) is 1.22. The first kappa shape index (κ1) is 10.8. The van der Waals surface area contributed by atoms with Gasteiger partial charge in [0, 0.05) is 18.8 Å². The Morgan fingerprint density at radius 1 is 1.38 bits per heavy atom. The number of nitrogens with zero attached hydrogens (tertiary/aromatic N) is 1. The van der Waals surface area contributed by atoms with Gasteiger partial charge in [-0.25, -0.2) is 0 Å². The molecule has 0 atom stereocenters. The van der Waals surface area contributed by atoms with E-state index in [-0.39, 0.29) is 0 Å². The third-order valence-electron chi connectivity index (χ3n) is 3.14. The highest BCUT2D eigenvalue weighted by Gasteiger charge is 2.34. The molecule has 0 N–H and O–H groups in total. The third kappa shape index (κ3) is 1.84. The Kier molecular flexibility index (Phi) is 3.02. The second kappa shape index (κ2) is 4.46. The SMILES string of the molecule is N#CC1(c2cccc(C=O)c2)CCOCC1. The van der Waals surface area contributed by atoms with Crippen molar-refractivity contribution < 1.29 is 9.53 Å². The van der Waals surface area contributed by atoms with Gasteiger partial charge in [0.1, 0.15) is 6.29 Å². The monoisotopic (exact) mass is 215 g/mol. The fourth-order valence-electron chi connectivity index (χ4n) is 2.09. The first-order valence-corrected chi connectivity index (χ1v) is 5.35. The number of nitriles is 1. The van der Waals surface area contributed by atoms with Crippen LogP contribution in [0.1, 0.15) is 28.8 Å². The Bertz CT molecular complexity index is 428. The molecule has 0 bridgehead atoms. The number of ether oxygens (including phenoxy) is 1. The Balaban J connectivity index is 2.39. The summed E-state index contributed by atoms with van der Waals surface area (Å²) in [6, 6.07) is 9.69. The van der Waals surface area contributed by atoms with Crippen LogP contribution in [0.4, 0.5) is 0 Å². The number of hydrogen-bond acceptors (Lipinski definition) is 3. The standard InChI is InChI=1S/C13H13NO2/c14-10-13(4-6-16-7-5-13)12-3-1-2-11(8-12)9-15/h1-3,8-9H,4-7H2. The third-order valence-corrected chi connectivity index (χ3v) is 3.14. The van der Waals surface area contributed by atoms with Crippen molar-refractivity contribution in [2.45, 2.75) is 18.3 Å². The van der Waals surface area contributed by atoms with Crippen LogP contribution in [-0.4, -0.2) is 19.5 Å². The number of hydrogen-bond donors (Lipinski definition) is 0. The maximum Gasteiger partial charge on any atom is 0.150 e. The lowest BCUT2D eigenvalue weighted by Gasteiger charge is -2.31. The lowest BCUT2D eigenvalue weighted by atomic mass is 9.75. The van der Waals surface area contributed by atoms with Gasteiger partial charge in [0.15, 0.2) is 0 Å². The molecule has 0 amide bonds. The molecule has 0 aliphatic carbocycles. The van der Waals surface area contributed by atoms with Crippen LogP contribution in [0.15, 0.2) is 24.3 Å². The summed E-state index contributed by atoms with van der Waals surface area (Å²) >= 11 is 0. The lowest BCUT2D eigenvalue weighted by Crippen LogP contribution is -2.32. The highest BCUT2D eigenvalue weighted by Crippen LogP contribution is 2.34. The molecule has 0 unspecified atom stereocenters. The van der Waals surface area contributed by atoms with Crippen molar-refractivity contribution in [3.05, 3.63) is 35.4 Å². The minimum Gasteiger partial charge on any atom is -0.381 e. The van der Waals surface area contributed by atoms with E-state index in [0.717, 1.165) is 11.8 Å². The van der Waals surface area contributed by atoms with Gasteiger partial charge in [-0.3, -0.25) is 4.79 Å².